The summed E-state index contributed by atoms with van der Waals surface area (Å²) in [6, 6.07) is 8.58. The average Bonchev–Trinajstić information content (AvgIpc) is 2.83. The molecular formula is C23H37ClN2S. The van der Waals surface area contributed by atoms with Gasteiger partial charge in [0.2, 0.25) is 0 Å². The predicted octanol–water partition coefficient (Wildman–Crippen LogP) is 7.77. The molecule has 0 saturated heterocycles. The molecule has 0 saturated carbocycles. The maximum absolute atomic E-state index is 6.37. The van der Waals surface area contributed by atoms with Crippen molar-refractivity contribution >= 4 is 29.1 Å². The Morgan fingerprint density at radius 2 is 1.56 bits per heavy atom. The largest absolute Gasteiger partial charge is 0.318 e. The Labute approximate surface area is 177 Å². The van der Waals surface area contributed by atoms with Crippen molar-refractivity contribution in [3.05, 3.63) is 63.1 Å². The fourth-order valence-electron chi connectivity index (χ4n) is 2.72. The van der Waals surface area contributed by atoms with E-state index in [1.807, 2.05) is 47.7 Å². The second-order valence-corrected chi connectivity index (χ2v) is 7.35. The van der Waals surface area contributed by atoms with Crippen LogP contribution in [-0.2, 0) is 0 Å². The molecule has 2 heterocycles. The van der Waals surface area contributed by atoms with Crippen LogP contribution in [0.2, 0.25) is 0 Å². The van der Waals surface area contributed by atoms with Crippen LogP contribution in [0.4, 0.5) is 5.69 Å². The Balaban J connectivity index is 0.00000103. The van der Waals surface area contributed by atoms with Crippen molar-refractivity contribution in [3.63, 3.8) is 0 Å². The van der Waals surface area contributed by atoms with E-state index in [2.05, 4.69) is 54.6 Å². The SMILES string of the molecule is C=C1SC(Cl)=CN(c2ccc(C)cc2)C2=C1CN(C)CC2.CC.CC.CC. The van der Waals surface area contributed by atoms with Crippen LogP contribution in [-0.4, -0.2) is 25.0 Å². The summed E-state index contributed by atoms with van der Waals surface area (Å²) in [7, 11) is 2.15. The first-order valence-corrected chi connectivity index (χ1v) is 11.2. The number of hydrogen-bond donors (Lipinski definition) is 0. The van der Waals surface area contributed by atoms with E-state index in [9.17, 15) is 0 Å². The van der Waals surface area contributed by atoms with Gasteiger partial charge in [0.1, 0.15) is 0 Å². The molecule has 0 aromatic heterocycles. The molecule has 3 rings (SSSR count). The zero-order valence-electron chi connectivity index (χ0n) is 18.4. The van der Waals surface area contributed by atoms with Gasteiger partial charge >= 0.3 is 0 Å². The summed E-state index contributed by atoms with van der Waals surface area (Å²) in [5.41, 5.74) is 5.05. The third-order valence-electron chi connectivity index (χ3n) is 3.90. The van der Waals surface area contributed by atoms with Crippen molar-refractivity contribution in [2.45, 2.75) is 54.9 Å². The number of nitrogens with zero attached hydrogens (tertiary/aromatic N) is 2. The van der Waals surface area contributed by atoms with Crippen LogP contribution in [0.1, 0.15) is 53.5 Å². The first kappa shape index (κ1) is 25.8. The smallest absolute Gasteiger partial charge is 0.0948 e. The minimum absolute atomic E-state index is 0.762. The maximum Gasteiger partial charge on any atom is 0.0948 e. The fourth-order valence-corrected chi connectivity index (χ4v) is 3.80. The van der Waals surface area contributed by atoms with Crippen LogP contribution < -0.4 is 4.90 Å². The number of halogens is 1. The monoisotopic (exact) mass is 408 g/mol. The van der Waals surface area contributed by atoms with E-state index in [1.54, 1.807) is 11.8 Å². The van der Waals surface area contributed by atoms with Crippen molar-refractivity contribution in [1.29, 1.82) is 0 Å². The number of anilines is 1. The molecule has 0 N–H and O–H groups in total. The Morgan fingerprint density at radius 1 is 1.00 bits per heavy atom. The number of aryl methyl sites for hydroxylation is 1. The van der Waals surface area contributed by atoms with Gasteiger partial charge in [-0.1, -0.05) is 89.2 Å². The van der Waals surface area contributed by atoms with Crippen LogP contribution in [0.15, 0.2) is 57.6 Å². The van der Waals surface area contributed by atoms with Crippen LogP contribution in [0.5, 0.6) is 0 Å². The van der Waals surface area contributed by atoms with E-state index in [1.165, 1.54) is 16.8 Å². The molecule has 0 aliphatic carbocycles. The molecule has 0 amide bonds. The lowest BCUT2D eigenvalue weighted by atomic mass is 10.0. The quantitative estimate of drug-likeness (QED) is 0.468. The fraction of sp³-hybridized carbons (Fsp3) is 0.478. The van der Waals surface area contributed by atoms with Crippen molar-refractivity contribution in [1.82, 2.24) is 4.90 Å². The lowest BCUT2D eigenvalue weighted by Gasteiger charge is -2.32. The zero-order chi connectivity index (χ0) is 21.0. The molecule has 0 fully saturated rings. The highest BCUT2D eigenvalue weighted by Crippen LogP contribution is 2.41. The molecule has 2 aliphatic heterocycles. The minimum atomic E-state index is 0.762. The molecule has 152 valence electrons. The highest BCUT2D eigenvalue weighted by molar-refractivity contribution is 8.08. The van der Waals surface area contributed by atoms with E-state index in [0.717, 1.165) is 34.5 Å². The van der Waals surface area contributed by atoms with E-state index in [0.29, 0.717) is 0 Å². The lowest BCUT2D eigenvalue weighted by molar-refractivity contribution is 0.350. The van der Waals surface area contributed by atoms with Gasteiger partial charge in [-0.05, 0) is 31.7 Å². The summed E-state index contributed by atoms with van der Waals surface area (Å²) in [5, 5.41) is 0. The molecule has 1 aromatic rings. The zero-order valence-corrected chi connectivity index (χ0v) is 20.0. The molecule has 0 bridgehead atoms. The van der Waals surface area contributed by atoms with E-state index < -0.39 is 0 Å². The molecule has 0 unspecified atom stereocenters. The normalized spacial score (nSPS) is 16.4. The first-order valence-electron chi connectivity index (χ1n) is 10.1. The van der Waals surface area contributed by atoms with Gasteiger partial charge in [-0.2, -0.15) is 0 Å². The molecule has 27 heavy (non-hydrogen) atoms. The predicted molar refractivity (Wildman–Crippen MR) is 128 cm³/mol. The summed E-state index contributed by atoms with van der Waals surface area (Å²) in [6.45, 7) is 20.3. The van der Waals surface area contributed by atoms with Crippen molar-refractivity contribution in [3.8, 4) is 0 Å². The number of benzene rings is 1. The third kappa shape index (κ3) is 7.40. The van der Waals surface area contributed by atoms with Gasteiger partial charge in [0.25, 0.3) is 0 Å². The summed E-state index contributed by atoms with van der Waals surface area (Å²) in [6.07, 6.45) is 3.04. The van der Waals surface area contributed by atoms with E-state index >= 15 is 0 Å². The maximum atomic E-state index is 6.37. The third-order valence-corrected chi connectivity index (χ3v) is 5.02. The number of hydrogen-bond acceptors (Lipinski definition) is 3. The van der Waals surface area contributed by atoms with Crippen molar-refractivity contribution < 1.29 is 0 Å². The Bertz CT molecular complexity index is 632. The Hall–Kier alpha value is -1.16. The number of rotatable bonds is 1. The van der Waals surface area contributed by atoms with Gasteiger partial charge in [0, 0.05) is 42.0 Å². The van der Waals surface area contributed by atoms with Gasteiger partial charge in [0.05, 0.1) is 4.36 Å². The Kier molecular flexibility index (Phi) is 13.3. The van der Waals surface area contributed by atoms with Crippen molar-refractivity contribution in [2.24, 2.45) is 0 Å². The molecule has 0 atom stereocenters. The molecule has 1 aromatic carbocycles. The topological polar surface area (TPSA) is 6.48 Å². The highest BCUT2D eigenvalue weighted by atomic mass is 35.5. The molecule has 0 spiro atoms. The van der Waals surface area contributed by atoms with E-state index in [-0.39, 0.29) is 0 Å². The van der Waals surface area contributed by atoms with Gasteiger partial charge in [-0.3, -0.25) is 0 Å². The van der Waals surface area contributed by atoms with E-state index in [4.69, 9.17) is 11.6 Å². The molecule has 0 radical (unpaired) electrons. The lowest BCUT2D eigenvalue weighted by Crippen LogP contribution is -2.32. The van der Waals surface area contributed by atoms with Gasteiger partial charge in [0.15, 0.2) is 0 Å². The average molecular weight is 409 g/mol. The van der Waals surface area contributed by atoms with Crippen LogP contribution in [0.3, 0.4) is 0 Å². The van der Waals surface area contributed by atoms with Crippen LogP contribution in [0, 0.1) is 6.92 Å². The standard InChI is InChI=1S/C17H19ClN2S.3C2H6/c1-12-4-6-14(7-5-12)20-11-17(18)21-13(2)15-10-19(3)9-8-16(15)20;3*1-2/h4-7,11H,2,8-10H2,1,3H3;3*1-2H3. The Morgan fingerprint density at radius 3 is 2.11 bits per heavy atom. The van der Waals surface area contributed by atoms with Gasteiger partial charge in [-0.25, -0.2) is 0 Å². The summed E-state index contributed by atoms with van der Waals surface area (Å²) >= 11 is 7.93. The first-order chi connectivity index (χ1) is 13.0. The van der Waals surface area contributed by atoms with Crippen molar-refractivity contribution in [2.75, 3.05) is 25.0 Å². The minimum Gasteiger partial charge on any atom is -0.318 e. The highest BCUT2D eigenvalue weighted by Gasteiger charge is 2.26. The molecule has 4 heteroatoms. The summed E-state index contributed by atoms with van der Waals surface area (Å²) in [5.74, 6) is 0. The summed E-state index contributed by atoms with van der Waals surface area (Å²) < 4.78 is 0.762. The second kappa shape index (κ2) is 13.9. The number of likely N-dealkylation sites (N-methyl/N-ethyl adjacent to an activating group) is 1. The van der Waals surface area contributed by atoms with Crippen LogP contribution >= 0.6 is 23.4 Å². The molecule has 2 nitrogen and oxygen atoms in total. The van der Waals surface area contributed by atoms with Crippen LogP contribution in [0.25, 0.3) is 0 Å². The van der Waals surface area contributed by atoms with Gasteiger partial charge in [-0.15, -0.1) is 0 Å². The second-order valence-electron chi connectivity index (χ2n) is 5.58. The molecular weight excluding hydrogens is 372 g/mol. The summed E-state index contributed by atoms with van der Waals surface area (Å²) in [4.78, 5) is 5.62. The van der Waals surface area contributed by atoms with Gasteiger partial charge < -0.3 is 9.80 Å². The molecule has 2 aliphatic rings. The number of thioether (sulfide) groups is 1.